The molecule has 5 heteroatoms. The monoisotopic (exact) mass is 285 g/mol. The van der Waals surface area contributed by atoms with Crippen LogP contribution in [0.1, 0.15) is 33.6 Å². The zero-order valence-corrected chi connectivity index (χ0v) is 14.0. The Bertz CT molecular complexity index is 316. The summed E-state index contributed by atoms with van der Waals surface area (Å²) in [4.78, 5) is 16.5. The van der Waals surface area contributed by atoms with E-state index in [1.165, 1.54) is 0 Å². The van der Waals surface area contributed by atoms with Crippen LogP contribution in [-0.4, -0.2) is 68.8 Å². The Balaban J connectivity index is 2.58. The van der Waals surface area contributed by atoms with Gasteiger partial charge in [-0.3, -0.25) is 0 Å². The number of carbonyl (C=O) groups excluding carboxylic acids is 1. The van der Waals surface area contributed by atoms with Gasteiger partial charge in [0.15, 0.2) is 0 Å². The van der Waals surface area contributed by atoms with E-state index in [2.05, 4.69) is 42.9 Å². The van der Waals surface area contributed by atoms with Crippen LogP contribution in [0.2, 0.25) is 0 Å². The molecule has 118 valence electrons. The molecule has 1 heterocycles. The van der Waals surface area contributed by atoms with Gasteiger partial charge in [0.25, 0.3) is 0 Å². The van der Waals surface area contributed by atoms with Crippen molar-refractivity contribution in [1.82, 2.24) is 15.1 Å². The first-order chi connectivity index (χ1) is 9.12. The van der Waals surface area contributed by atoms with Gasteiger partial charge in [-0.2, -0.15) is 0 Å². The summed E-state index contributed by atoms with van der Waals surface area (Å²) in [5.74, 6) is 0. The fraction of sp³-hybridized carbons (Fsp3) is 0.933. The smallest absolute Gasteiger partial charge is 0.407 e. The quantitative estimate of drug-likeness (QED) is 0.855. The van der Waals surface area contributed by atoms with Crippen LogP contribution in [0.4, 0.5) is 4.79 Å². The number of piperidine rings is 1. The topological polar surface area (TPSA) is 44.8 Å². The van der Waals surface area contributed by atoms with E-state index in [1.54, 1.807) is 0 Å². The predicted octanol–water partition coefficient (Wildman–Crippen LogP) is 1.78. The molecule has 0 aromatic heterocycles. The standard InChI is InChI=1S/C15H31N3O2/c1-14(2,3)12-20-13(19)16-15(11-17(4)5)7-9-18(6)10-8-15/h7-12H2,1-6H3,(H,16,19). The maximum atomic E-state index is 12.1. The third kappa shape index (κ3) is 6.09. The van der Waals surface area contributed by atoms with Crippen LogP contribution in [0, 0.1) is 5.41 Å². The Hall–Kier alpha value is -0.810. The number of likely N-dealkylation sites (N-methyl/N-ethyl adjacent to an activating group) is 1. The van der Waals surface area contributed by atoms with Gasteiger partial charge in [0.2, 0.25) is 0 Å². The lowest BCUT2D eigenvalue weighted by Crippen LogP contribution is -2.59. The first-order valence-corrected chi connectivity index (χ1v) is 7.40. The summed E-state index contributed by atoms with van der Waals surface area (Å²) in [6.45, 7) is 9.49. The number of amides is 1. The average molecular weight is 285 g/mol. The highest BCUT2D eigenvalue weighted by atomic mass is 16.5. The van der Waals surface area contributed by atoms with E-state index in [-0.39, 0.29) is 17.0 Å². The van der Waals surface area contributed by atoms with Crippen LogP contribution in [0.15, 0.2) is 0 Å². The first-order valence-electron chi connectivity index (χ1n) is 7.40. The highest BCUT2D eigenvalue weighted by molar-refractivity contribution is 5.68. The Morgan fingerprint density at radius 2 is 1.85 bits per heavy atom. The van der Waals surface area contributed by atoms with Gasteiger partial charge in [0, 0.05) is 19.6 Å². The molecule has 20 heavy (non-hydrogen) atoms. The Labute approximate surface area is 123 Å². The fourth-order valence-electron chi connectivity index (χ4n) is 2.51. The molecule has 0 aliphatic carbocycles. The van der Waals surface area contributed by atoms with Gasteiger partial charge in [-0.05, 0) is 39.4 Å². The molecular formula is C15H31N3O2. The lowest BCUT2D eigenvalue weighted by atomic mass is 9.87. The second-order valence-electron chi connectivity index (χ2n) is 7.58. The van der Waals surface area contributed by atoms with Gasteiger partial charge in [-0.1, -0.05) is 20.8 Å². The molecule has 1 fully saturated rings. The van der Waals surface area contributed by atoms with E-state index in [4.69, 9.17) is 4.74 Å². The summed E-state index contributed by atoms with van der Waals surface area (Å²) in [6.07, 6.45) is 1.64. The summed E-state index contributed by atoms with van der Waals surface area (Å²) in [7, 11) is 6.21. The van der Waals surface area contributed by atoms with Crippen molar-refractivity contribution < 1.29 is 9.53 Å². The molecule has 0 aromatic rings. The second kappa shape index (κ2) is 6.76. The van der Waals surface area contributed by atoms with Crippen molar-refractivity contribution >= 4 is 6.09 Å². The number of alkyl carbamates (subject to hydrolysis) is 1. The Morgan fingerprint density at radius 3 is 2.30 bits per heavy atom. The van der Waals surface area contributed by atoms with Gasteiger partial charge in [-0.15, -0.1) is 0 Å². The van der Waals surface area contributed by atoms with Crippen LogP contribution >= 0.6 is 0 Å². The zero-order chi connectivity index (χ0) is 15.4. The molecule has 0 bridgehead atoms. The molecule has 5 nitrogen and oxygen atoms in total. The van der Waals surface area contributed by atoms with Crippen LogP contribution in [0.25, 0.3) is 0 Å². The summed E-state index contributed by atoms with van der Waals surface area (Å²) < 4.78 is 5.36. The van der Waals surface area contributed by atoms with Crippen LogP contribution in [0.3, 0.4) is 0 Å². The number of nitrogens with zero attached hydrogens (tertiary/aromatic N) is 2. The highest BCUT2D eigenvalue weighted by Crippen LogP contribution is 2.23. The largest absolute Gasteiger partial charge is 0.449 e. The van der Waals surface area contributed by atoms with Crippen molar-refractivity contribution in [2.75, 3.05) is 47.4 Å². The van der Waals surface area contributed by atoms with Gasteiger partial charge in [-0.25, -0.2) is 4.79 Å². The van der Waals surface area contributed by atoms with Gasteiger partial charge < -0.3 is 19.9 Å². The van der Waals surface area contributed by atoms with Crippen molar-refractivity contribution in [3.8, 4) is 0 Å². The molecule has 1 amide bonds. The zero-order valence-electron chi connectivity index (χ0n) is 14.0. The predicted molar refractivity (Wildman–Crippen MR) is 82.0 cm³/mol. The summed E-state index contributed by atoms with van der Waals surface area (Å²) in [5.41, 5.74) is -0.163. The van der Waals surface area contributed by atoms with E-state index in [0.717, 1.165) is 32.5 Å². The Kier molecular flexibility index (Phi) is 5.83. The fourth-order valence-corrected chi connectivity index (χ4v) is 2.51. The minimum absolute atomic E-state index is 0.00116. The second-order valence-corrected chi connectivity index (χ2v) is 7.58. The van der Waals surface area contributed by atoms with Crippen LogP contribution < -0.4 is 5.32 Å². The third-order valence-electron chi connectivity index (χ3n) is 3.57. The average Bonchev–Trinajstić information content (AvgIpc) is 2.29. The minimum atomic E-state index is -0.286. The Morgan fingerprint density at radius 1 is 1.30 bits per heavy atom. The summed E-state index contributed by atoms with van der Waals surface area (Å²) >= 11 is 0. The molecule has 0 aromatic carbocycles. The highest BCUT2D eigenvalue weighted by Gasteiger charge is 2.36. The first kappa shape index (κ1) is 17.2. The molecule has 0 spiro atoms. The van der Waals surface area contributed by atoms with E-state index in [9.17, 15) is 4.79 Å². The molecule has 0 atom stereocenters. The van der Waals surface area contributed by atoms with Gasteiger partial charge >= 0.3 is 6.09 Å². The summed E-state index contributed by atoms with van der Waals surface area (Å²) in [5, 5.41) is 3.13. The van der Waals surface area contributed by atoms with Crippen molar-refractivity contribution in [2.24, 2.45) is 5.41 Å². The number of carbonyl (C=O) groups is 1. The molecular weight excluding hydrogens is 254 g/mol. The van der Waals surface area contributed by atoms with Crippen molar-refractivity contribution in [3.05, 3.63) is 0 Å². The molecule has 0 radical (unpaired) electrons. The van der Waals surface area contributed by atoms with E-state index in [0.29, 0.717) is 6.61 Å². The molecule has 1 aliphatic rings. The van der Waals surface area contributed by atoms with Crippen molar-refractivity contribution in [3.63, 3.8) is 0 Å². The maximum absolute atomic E-state index is 12.1. The number of likely N-dealkylation sites (tertiary alicyclic amines) is 1. The number of rotatable bonds is 4. The van der Waals surface area contributed by atoms with E-state index >= 15 is 0 Å². The molecule has 0 unspecified atom stereocenters. The van der Waals surface area contributed by atoms with Crippen molar-refractivity contribution in [2.45, 2.75) is 39.2 Å². The lowest BCUT2D eigenvalue weighted by molar-refractivity contribution is 0.0765. The molecule has 1 saturated heterocycles. The lowest BCUT2D eigenvalue weighted by Gasteiger charge is -2.42. The summed E-state index contributed by atoms with van der Waals surface area (Å²) in [6, 6.07) is 0. The molecule has 1 aliphatic heterocycles. The molecule has 1 rings (SSSR count). The molecule has 0 saturated carbocycles. The maximum Gasteiger partial charge on any atom is 0.407 e. The number of hydrogen-bond acceptors (Lipinski definition) is 4. The minimum Gasteiger partial charge on any atom is -0.449 e. The van der Waals surface area contributed by atoms with Crippen molar-refractivity contribution in [1.29, 1.82) is 0 Å². The van der Waals surface area contributed by atoms with E-state index < -0.39 is 0 Å². The van der Waals surface area contributed by atoms with Crippen LogP contribution in [-0.2, 0) is 4.74 Å². The SMILES string of the molecule is CN(C)CC1(NC(=O)OCC(C)(C)C)CCN(C)CC1. The van der Waals surface area contributed by atoms with Gasteiger partial charge in [0.1, 0.15) is 0 Å². The molecule has 1 N–H and O–H groups in total. The number of nitrogens with one attached hydrogen (secondary N) is 1. The van der Waals surface area contributed by atoms with Crippen LogP contribution in [0.5, 0.6) is 0 Å². The van der Waals surface area contributed by atoms with Gasteiger partial charge in [0.05, 0.1) is 12.1 Å². The normalized spacial score (nSPS) is 19.9. The third-order valence-corrected chi connectivity index (χ3v) is 3.57. The number of hydrogen-bond donors (Lipinski definition) is 1. The van der Waals surface area contributed by atoms with E-state index in [1.807, 2.05) is 14.1 Å². The number of ether oxygens (including phenoxy) is 1.